The van der Waals surface area contributed by atoms with E-state index in [9.17, 15) is 0 Å². The van der Waals surface area contributed by atoms with Gasteiger partial charge in [-0.05, 0) is 12.1 Å². The fourth-order valence-corrected chi connectivity index (χ4v) is 1.11. The van der Waals surface area contributed by atoms with Crippen molar-refractivity contribution in [1.82, 2.24) is 0 Å². The first-order chi connectivity index (χ1) is 7.22. The molecule has 3 N–H and O–H groups in total. The average Bonchev–Trinajstić information content (AvgIpc) is 2.27. The summed E-state index contributed by atoms with van der Waals surface area (Å²) in [6.45, 7) is 17.9. The van der Waals surface area contributed by atoms with Crippen LogP contribution in [0.15, 0.2) is 24.8 Å². The molecule has 0 atom stereocenters. The number of hydrogen-bond acceptors (Lipinski definition) is 2. The Balaban J connectivity index is 3.16. The van der Waals surface area contributed by atoms with Crippen LogP contribution in [0, 0.1) is 13.1 Å². The zero-order chi connectivity index (χ0) is 11.3. The Bertz CT molecular complexity index is 463. The Labute approximate surface area is 88.7 Å². The molecule has 0 amide bonds. The van der Waals surface area contributed by atoms with Crippen molar-refractivity contribution in [3.63, 3.8) is 0 Å². The van der Waals surface area contributed by atoms with Crippen LogP contribution in [0.2, 0.25) is 0 Å². The number of nitrogens with one attached hydrogen (secondary N) is 1. The van der Waals surface area contributed by atoms with Gasteiger partial charge in [-0.3, -0.25) is 9.69 Å². The maximum absolute atomic E-state index is 6.92. The lowest BCUT2D eigenvalue weighted by Crippen LogP contribution is -2.01. The van der Waals surface area contributed by atoms with E-state index >= 15 is 0 Å². The largest absolute Gasteiger partial charge is 0.398 e. The fourth-order valence-electron chi connectivity index (χ4n) is 1.11. The Morgan fingerprint density at radius 2 is 1.93 bits per heavy atom. The van der Waals surface area contributed by atoms with Crippen molar-refractivity contribution in [1.29, 1.82) is 0 Å². The van der Waals surface area contributed by atoms with Gasteiger partial charge in [-0.1, -0.05) is 6.08 Å². The monoisotopic (exact) mass is 198 g/mol. The SMILES string of the molecule is [C-]#[N+]c1cc(N)c(NCC=C)cc1[N+]#[C-]. The highest BCUT2D eigenvalue weighted by molar-refractivity contribution is 5.83. The molecule has 0 saturated heterocycles. The van der Waals surface area contributed by atoms with Crippen LogP contribution in [0.1, 0.15) is 0 Å². The van der Waals surface area contributed by atoms with Crippen molar-refractivity contribution in [2.45, 2.75) is 0 Å². The van der Waals surface area contributed by atoms with Gasteiger partial charge in [0, 0.05) is 17.9 Å². The van der Waals surface area contributed by atoms with E-state index in [1.165, 1.54) is 6.07 Å². The smallest absolute Gasteiger partial charge is 0.196 e. The van der Waals surface area contributed by atoms with Crippen molar-refractivity contribution in [2.24, 2.45) is 0 Å². The molecule has 74 valence electrons. The van der Waals surface area contributed by atoms with E-state index in [1.807, 2.05) is 0 Å². The molecular formula is C11H10N4. The Kier molecular flexibility index (Phi) is 3.32. The zero-order valence-corrected chi connectivity index (χ0v) is 8.12. The predicted octanol–water partition coefficient (Wildman–Crippen LogP) is 2.97. The summed E-state index contributed by atoms with van der Waals surface area (Å²) in [5.41, 5.74) is 7.44. The molecule has 0 unspecified atom stereocenters. The lowest BCUT2D eigenvalue weighted by molar-refractivity contribution is 1.35. The Morgan fingerprint density at radius 1 is 1.33 bits per heavy atom. The lowest BCUT2D eigenvalue weighted by atomic mass is 10.2. The van der Waals surface area contributed by atoms with Gasteiger partial charge in [-0.25, -0.2) is 0 Å². The third-order valence-electron chi connectivity index (χ3n) is 1.82. The van der Waals surface area contributed by atoms with Crippen molar-refractivity contribution in [3.8, 4) is 0 Å². The molecule has 4 nitrogen and oxygen atoms in total. The highest BCUT2D eigenvalue weighted by atomic mass is 14.9. The normalized spacial score (nSPS) is 8.67. The summed E-state index contributed by atoms with van der Waals surface area (Å²) >= 11 is 0. The van der Waals surface area contributed by atoms with E-state index in [0.29, 0.717) is 23.6 Å². The minimum Gasteiger partial charge on any atom is -0.398 e. The molecule has 15 heavy (non-hydrogen) atoms. The van der Waals surface area contributed by atoms with E-state index in [4.69, 9.17) is 18.9 Å². The third-order valence-corrected chi connectivity index (χ3v) is 1.82. The second kappa shape index (κ2) is 4.69. The number of nitrogens with two attached hydrogens (primary N) is 1. The number of nitrogens with zero attached hydrogens (tertiary/aromatic N) is 2. The van der Waals surface area contributed by atoms with Crippen LogP contribution in [0.5, 0.6) is 0 Å². The first-order valence-corrected chi connectivity index (χ1v) is 4.26. The quantitative estimate of drug-likeness (QED) is 0.445. The summed E-state index contributed by atoms with van der Waals surface area (Å²) in [7, 11) is 0. The van der Waals surface area contributed by atoms with Gasteiger partial charge in [0.2, 0.25) is 0 Å². The number of rotatable bonds is 3. The molecular weight excluding hydrogens is 188 g/mol. The molecule has 1 aromatic carbocycles. The van der Waals surface area contributed by atoms with Crippen LogP contribution >= 0.6 is 0 Å². The number of hydrogen-bond donors (Lipinski definition) is 2. The second-order valence-electron chi connectivity index (χ2n) is 2.82. The fraction of sp³-hybridized carbons (Fsp3) is 0.0909. The van der Waals surface area contributed by atoms with Crippen LogP contribution in [0.4, 0.5) is 22.7 Å². The summed E-state index contributed by atoms with van der Waals surface area (Å²) < 4.78 is 0. The van der Waals surface area contributed by atoms with Gasteiger partial charge in [0.05, 0.1) is 13.1 Å². The lowest BCUT2D eigenvalue weighted by Gasteiger charge is -2.08. The molecule has 0 aromatic heterocycles. The summed E-state index contributed by atoms with van der Waals surface area (Å²) in [4.78, 5) is 6.50. The van der Waals surface area contributed by atoms with Gasteiger partial charge in [-0.2, -0.15) is 0 Å². The van der Waals surface area contributed by atoms with Crippen LogP contribution < -0.4 is 11.1 Å². The third kappa shape index (κ3) is 2.26. The van der Waals surface area contributed by atoms with E-state index < -0.39 is 0 Å². The number of nitrogen functional groups attached to an aromatic ring is 1. The van der Waals surface area contributed by atoms with Crippen molar-refractivity contribution < 1.29 is 0 Å². The second-order valence-corrected chi connectivity index (χ2v) is 2.82. The summed E-state index contributed by atoms with van der Waals surface area (Å²) in [5.74, 6) is 0. The van der Waals surface area contributed by atoms with Crippen molar-refractivity contribution in [2.75, 3.05) is 17.6 Å². The summed E-state index contributed by atoms with van der Waals surface area (Å²) in [6, 6.07) is 3.09. The average molecular weight is 198 g/mol. The molecule has 0 radical (unpaired) electrons. The van der Waals surface area contributed by atoms with E-state index in [0.717, 1.165) is 0 Å². The van der Waals surface area contributed by atoms with Gasteiger partial charge >= 0.3 is 0 Å². The molecule has 4 heteroatoms. The van der Waals surface area contributed by atoms with E-state index in [2.05, 4.69) is 21.6 Å². The zero-order valence-electron chi connectivity index (χ0n) is 8.12. The molecule has 0 aliphatic heterocycles. The van der Waals surface area contributed by atoms with Crippen LogP contribution in [-0.4, -0.2) is 6.54 Å². The maximum Gasteiger partial charge on any atom is 0.196 e. The standard InChI is InChI=1S/C11H10N4/c1-4-5-15-9-7-11(14-3)10(13-2)6-8(9)12/h4,6-7,15H,1,5,12H2. The van der Waals surface area contributed by atoms with Crippen LogP contribution in [0.3, 0.4) is 0 Å². The van der Waals surface area contributed by atoms with Gasteiger partial charge < -0.3 is 11.1 Å². The van der Waals surface area contributed by atoms with Crippen molar-refractivity contribution in [3.05, 3.63) is 47.6 Å². The molecule has 0 aliphatic carbocycles. The molecule has 1 rings (SSSR count). The van der Waals surface area contributed by atoms with Gasteiger partial charge in [0.1, 0.15) is 0 Å². The molecule has 0 saturated carbocycles. The Hall–Kier alpha value is -2.46. The molecule has 0 aliphatic rings. The molecule has 0 bridgehead atoms. The number of anilines is 2. The maximum atomic E-state index is 6.92. The first kappa shape index (κ1) is 10.6. The highest BCUT2D eigenvalue weighted by Crippen LogP contribution is 2.35. The van der Waals surface area contributed by atoms with Crippen LogP contribution in [0.25, 0.3) is 9.69 Å². The topological polar surface area (TPSA) is 46.8 Å². The molecule has 0 spiro atoms. The highest BCUT2D eigenvalue weighted by Gasteiger charge is 2.06. The first-order valence-electron chi connectivity index (χ1n) is 4.26. The van der Waals surface area contributed by atoms with Gasteiger partial charge in [-0.15, -0.1) is 6.58 Å². The van der Waals surface area contributed by atoms with E-state index in [-0.39, 0.29) is 5.69 Å². The van der Waals surface area contributed by atoms with Crippen LogP contribution in [-0.2, 0) is 0 Å². The Morgan fingerprint density at radius 3 is 2.47 bits per heavy atom. The summed E-state index contributed by atoms with van der Waals surface area (Å²) in [6.07, 6.45) is 1.69. The van der Waals surface area contributed by atoms with E-state index in [1.54, 1.807) is 12.1 Å². The molecule has 0 heterocycles. The predicted molar refractivity (Wildman–Crippen MR) is 62.1 cm³/mol. The van der Waals surface area contributed by atoms with Crippen molar-refractivity contribution >= 4 is 22.7 Å². The van der Waals surface area contributed by atoms with Gasteiger partial charge in [0.15, 0.2) is 11.4 Å². The summed E-state index contributed by atoms with van der Waals surface area (Å²) in [5, 5.41) is 3.00. The molecule has 1 aromatic rings. The number of benzene rings is 1. The molecule has 0 fully saturated rings. The minimum atomic E-state index is 0.284. The minimum absolute atomic E-state index is 0.284. The van der Waals surface area contributed by atoms with Gasteiger partial charge in [0.25, 0.3) is 0 Å².